The lowest BCUT2D eigenvalue weighted by molar-refractivity contribution is -0.128. The van der Waals surface area contributed by atoms with Gasteiger partial charge in [0.2, 0.25) is 11.8 Å². The van der Waals surface area contributed by atoms with Gasteiger partial charge >= 0.3 is 12.2 Å². The first kappa shape index (κ1) is 50.5. The van der Waals surface area contributed by atoms with Gasteiger partial charge in [0.25, 0.3) is 0 Å². The van der Waals surface area contributed by atoms with Crippen molar-refractivity contribution >= 4 is 35.4 Å². The molecule has 4 atom stereocenters. The van der Waals surface area contributed by atoms with Gasteiger partial charge in [-0.3, -0.25) is 9.59 Å². The molecule has 0 aliphatic heterocycles. The van der Waals surface area contributed by atoms with E-state index in [-0.39, 0.29) is 43.4 Å². The number of allylic oxidation sites excluding steroid dienone is 3. The summed E-state index contributed by atoms with van der Waals surface area (Å²) >= 11 is 0. The first-order valence-electron chi connectivity index (χ1n) is 23.5. The van der Waals surface area contributed by atoms with E-state index < -0.39 is 41.7 Å². The van der Waals surface area contributed by atoms with Crippen LogP contribution >= 0.6 is 0 Å². The van der Waals surface area contributed by atoms with Crippen molar-refractivity contribution in [3.05, 3.63) is 221 Å². The lowest BCUT2D eigenvalue weighted by Crippen LogP contribution is -2.53. The van der Waals surface area contributed by atoms with E-state index in [9.17, 15) is 24.1 Å². The van der Waals surface area contributed by atoms with Gasteiger partial charge in [-0.05, 0) is 114 Å². The molecule has 14 nitrogen and oxygen atoms in total. The number of carbonyl (C=O) groups is 4. The molecule has 4 N–H and O–H groups in total. The first-order valence-corrected chi connectivity index (χ1v) is 23.5. The van der Waals surface area contributed by atoms with Crippen molar-refractivity contribution in [3.8, 4) is 11.5 Å². The maximum absolute atomic E-state index is 14.3. The summed E-state index contributed by atoms with van der Waals surface area (Å²) in [6, 6.07) is 47.3. The van der Waals surface area contributed by atoms with Gasteiger partial charge in [0.1, 0.15) is 42.5 Å². The summed E-state index contributed by atoms with van der Waals surface area (Å²) < 4.78 is 21.5. The van der Waals surface area contributed by atoms with Crippen LogP contribution in [0.1, 0.15) is 53.5 Å². The Labute approximate surface area is 413 Å². The Kier molecular flexibility index (Phi) is 18.4. The third kappa shape index (κ3) is 14.6. The molecule has 6 aromatic carbocycles. The average molecular weight is 956 g/mol. The fourth-order valence-electron chi connectivity index (χ4n) is 8.41. The predicted molar refractivity (Wildman–Crippen MR) is 272 cm³/mol. The Morgan fingerprint density at radius 3 is 1.90 bits per heavy atom. The zero-order valence-electron chi connectivity index (χ0n) is 39.4. The largest absolute Gasteiger partial charge is 0.514 e. The highest BCUT2D eigenvalue weighted by molar-refractivity contribution is 5.98. The highest BCUT2D eigenvalue weighted by Gasteiger charge is 2.40. The molecule has 0 spiro atoms. The Balaban J connectivity index is 1.06. The van der Waals surface area contributed by atoms with Crippen LogP contribution in [-0.2, 0) is 44.2 Å². The summed E-state index contributed by atoms with van der Waals surface area (Å²) in [5.74, 6) is 0.00218. The number of anilines is 1. The number of unbranched alkanes of at least 4 members (excludes halogenated alkanes) is 1. The zero-order valence-corrected chi connectivity index (χ0v) is 39.4. The van der Waals surface area contributed by atoms with Crippen molar-refractivity contribution in [1.82, 2.24) is 16.0 Å². The number of alkyl carbamates (subject to hydrolysis) is 1. The molecule has 6 aromatic rings. The molecule has 0 radical (unpaired) electrons. The van der Waals surface area contributed by atoms with Crippen molar-refractivity contribution in [2.45, 2.75) is 62.9 Å². The molecule has 0 bridgehead atoms. The van der Waals surface area contributed by atoms with Crippen molar-refractivity contribution in [1.29, 1.82) is 0 Å². The number of nitrogens with one attached hydrogen (secondary N) is 4. The van der Waals surface area contributed by atoms with Crippen LogP contribution in [0.2, 0.25) is 0 Å². The summed E-state index contributed by atoms with van der Waals surface area (Å²) in [6.07, 6.45) is 9.26. The second-order valence-electron chi connectivity index (χ2n) is 16.9. The lowest BCUT2D eigenvalue weighted by Gasteiger charge is -2.42. The molecule has 1 aliphatic rings. The van der Waals surface area contributed by atoms with E-state index in [4.69, 9.17) is 18.9 Å². The third-order valence-corrected chi connectivity index (χ3v) is 12.1. The maximum atomic E-state index is 14.3. The summed E-state index contributed by atoms with van der Waals surface area (Å²) in [6.45, 7) is 0.465. The topological polar surface area (TPSA) is 183 Å². The fraction of sp³-hybridized carbons (Fsp3) is 0.228. The highest BCUT2D eigenvalue weighted by Crippen LogP contribution is 2.41. The minimum atomic E-state index is -1.08. The first-order chi connectivity index (χ1) is 34.7. The normalized spacial score (nSPS) is 14.4. The highest BCUT2D eigenvalue weighted by atomic mass is 16.7. The molecule has 3 amide bonds. The summed E-state index contributed by atoms with van der Waals surface area (Å²) in [5, 5.41) is 15.4. The second-order valence-corrected chi connectivity index (χ2v) is 16.9. The minimum Gasteiger partial charge on any atom is -0.497 e. The van der Waals surface area contributed by atoms with E-state index in [1.54, 1.807) is 31.4 Å². The maximum Gasteiger partial charge on any atom is 0.514 e. The van der Waals surface area contributed by atoms with Gasteiger partial charge in [0.05, 0.1) is 12.6 Å². The number of nitrogens with zero attached hydrogens (tertiary/aromatic N) is 1. The Morgan fingerprint density at radius 2 is 1.25 bits per heavy atom. The number of benzene rings is 6. The van der Waals surface area contributed by atoms with Crippen molar-refractivity contribution in [2.24, 2.45) is 11.1 Å². The molecule has 7 rings (SSSR count). The smallest absolute Gasteiger partial charge is 0.497 e. The fourth-order valence-corrected chi connectivity index (χ4v) is 8.41. The number of ether oxygens (including phenoxy) is 4. The van der Waals surface area contributed by atoms with E-state index in [0.717, 1.165) is 34.4 Å². The molecule has 0 saturated heterocycles. The van der Waals surface area contributed by atoms with Crippen LogP contribution in [0.25, 0.3) is 0 Å². The van der Waals surface area contributed by atoms with Crippen molar-refractivity contribution in [2.75, 3.05) is 19.0 Å². The molecule has 0 fully saturated rings. The number of nitroso groups, excluding NO2 is 1. The summed E-state index contributed by atoms with van der Waals surface area (Å²) in [4.78, 5) is 64.9. The van der Waals surface area contributed by atoms with Gasteiger partial charge in [0.15, 0.2) is 0 Å². The van der Waals surface area contributed by atoms with Gasteiger partial charge < -0.3 is 40.2 Å². The van der Waals surface area contributed by atoms with Gasteiger partial charge in [-0.2, -0.15) is 0 Å². The number of carbonyl (C=O) groups excluding carboxylic acids is 4. The second kappa shape index (κ2) is 25.8. The molecule has 2 unspecified atom stereocenters. The monoisotopic (exact) mass is 955 g/mol. The molecule has 0 saturated carbocycles. The predicted octanol–water partition coefficient (Wildman–Crippen LogP) is 10.6. The Hall–Kier alpha value is -8.36. The quantitative estimate of drug-likeness (QED) is 0.0209. The van der Waals surface area contributed by atoms with Crippen LogP contribution in [0, 0.1) is 10.8 Å². The van der Waals surface area contributed by atoms with Crippen molar-refractivity contribution in [3.63, 3.8) is 0 Å². The van der Waals surface area contributed by atoms with E-state index in [1.807, 2.05) is 91.0 Å². The summed E-state index contributed by atoms with van der Waals surface area (Å²) in [5.41, 5.74) is 4.42. The van der Waals surface area contributed by atoms with Crippen LogP contribution in [0.4, 0.5) is 21.0 Å². The molecular weight excluding hydrogens is 899 g/mol. The number of hydrogen-bond donors (Lipinski definition) is 4. The van der Waals surface area contributed by atoms with Crippen LogP contribution in [0.5, 0.6) is 11.5 Å². The molecule has 1 aliphatic carbocycles. The van der Waals surface area contributed by atoms with Gasteiger partial charge in [0, 0.05) is 18.0 Å². The van der Waals surface area contributed by atoms with E-state index >= 15 is 0 Å². The molecule has 0 aromatic heterocycles. The average Bonchev–Trinajstić information content (AvgIpc) is 3.42. The number of rotatable bonds is 23. The van der Waals surface area contributed by atoms with Crippen LogP contribution in [0.15, 0.2) is 193 Å². The van der Waals surface area contributed by atoms with E-state index in [0.29, 0.717) is 30.6 Å². The van der Waals surface area contributed by atoms with Crippen LogP contribution in [0.3, 0.4) is 0 Å². The van der Waals surface area contributed by atoms with E-state index in [2.05, 4.69) is 75.0 Å². The molecule has 71 heavy (non-hydrogen) atoms. The van der Waals surface area contributed by atoms with Gasteiger partial charge in [-0.1, -0.05) is 140 Å². The van der Waals surface area contributed by atoms with E-state index in [1.165, 1.54) is 24.3 Å². The number of hydrogen-bond acceptors (Lipinski definition) is 11. The minimum absolute atomic E-state index is 0.00801. The van der Waals surface area contributed by atoms with Gasteiger partial charge in [-0.25, -0.2) is 9.59 Å². The lowest BCUT2D eigenvalue weighted by atomic mass is 9.70. The number of amides is 3. The van der Waals surface area contributed by atoms with Crippen LogP contribution < -0.4 is 30.7 Å². The third-order valence-electron chi connectivity index (χ3n) is 12.1. The number of methoxy groups -OCH3 is 1. The Bertz CT molecular complexity index is 2720. The SMILES string of the molecule is COc1ccc(C(NCCCC[C@H](NC(=O)[C@H](Cc2ccccc2)NC(=O)OCc2ccccc2)C(=O)Nc2ccc(COC(=O)Oc3ccc(N=O)cc3)cc2)(c2ccccc2)C2C=CC=CC2)cc1. The molecular formula is C57H57N5O9. The van der Waals surface area contributed by atoms with Crippen molar-refractivity contribution < 1.29 is 38.1 Å². The standard InChI is InChI=1S/C57H57N5O9/c1-68-49-33-27-46(28-34-49)57(44-20-10-4-11-21-44,45-22-12-5-13-23-45)58-37-15-14-24-51(53(63)59-47-29-25-43(26-30-47)40-70-56(66)71-50-35-31-48(62-67)32-36-50)60-54(64)52(38-41-16-6-2-7-17-41)61-55(65)69-39-42-18-8-3-9-19-42/h2-13,16-22,25-36,45,51-52,58H,14-15,23-24,37-40H2,1H3,(H,59,63)(H,60,64)(H,61,65)/t45?,51-,52-,57?/m0/s1. The molecule has 14 heteroatoms. The molecule has 0 heterocycles. The van der Waals surface area contributed by atoms with Gasteiger partial charge in [-0.15, -0.1) is 4.91 Å². The summed E-state index contributed by atoms with van der Waals surface area (Å²) in [7, 11) is 1.65. The zero-order chi connectivity index (χ0) is 49.7. The molecule has 364 valence electrons. The Morgan fingerprint density at radius 1 is 0.634 bits per heavy atom. The van der Waals surface area contributed by atoms with Crippen LogP contribution in [-0.4, -0.2) is 49.8 Å².